The molecule has 0 saturated heterocycles. The van der Waals surface area contributed by atoms with Crippen LogP contribution in [0.1, 0.15) is 30.4 Å². The van der Waals surface area contributed by atoms with E-state index in [4.69, 9.17) is 0 Å². The van der Waals surface area contributed by atoms with Gasteiger partial charge in [0.2, 0.25) is 0 Å². The minimum atomic E-state index is -0.544. The average molecular weight is 324 g/mol. The lowest BCUT2D eigenvalue weighted by Crippen LogP contribution is -2.27. The first-order valence-corrected chi connectivity index (χ1v) is 7.95. The molecular weight excluding hydrogens is 300 g/mol. The summed E-state index contributed by atoms with van der Waals surface area (Å²) in [6.45, 7) is 2.50. The summed E-state index contributed by atoms with van der Waals surface area (Å²) in [6, 6.07) is 7.80. The lowest BCUT2D eigenvalue weighted by atomic mass is 10.1. The van der Waals surface area contributed by atoms with E-state index in [9.17, 15) is 5.11 Å². The predicted molar refractivity (Wildman–Crippen MR) is 95.7 cm³/mol. The van der Waals surface area contributed by atoms with Crippen molar-refractivity contribution in [2.75, 3.05) is 13.6 Å². The maximum atomic E-state index is 10.6. The highest BCUT2D eigenvalue weighted by atomic mass is 16.3. The number of aliphatic hydroxyl groups is 1. The number of pyridine rings is 2. The maximum Gasteiger partial charge on any atom is 0.0970 e. The normalized spacial score (nSPS) is 15.8. The van der Waals surface area contributed by atoms with Crippen LogP contribution in [-0.4, -0.2) is 38.1 Å². The van der Waals surface area contributed by atoms with Gasteiger partial charge in [0.1, 0.15) is 0 Å². The van der Waals surface area contributed by atoms with Crippen LogP contribution in [0.4, 0.5) is 0 Å². The Hall–Kier alpha value is -2.24. The van der Waals surface area contributed by atoms with Gasteiger partial charge in [0.15, 0.2) is 0 Å². The van der Waals surface area contributed by atoms with Crippen LogP contribution in [0.5, 0.6) is 0 Å². The first kappa shape index (κ1) is 16.6. The third kappa shape index (κ3) is 2.81. The fourth-order valence-corrected chi connectivity index (χ4v) is 3.46. The summed E-state index contributed by atoms with van der Waals surface area (Å²) in [5.41, 5.74) is 5.69. The lowest BCUT2D eigenvalue weighted by molar-refractivity contribution is 0.156. The minimum Gasteiger partial charge on any atom is -0.387 e. The maximum absolute atomic E-state index is 10.6. The van der Waals surface area contributed by atoms with Crippen molar-refractivity contribution in [3.05, 3.63) is 59.7 Å². The standard InChI is InChI=1S/C18H20N4O.CH4/c1-21-10-6-15-14(11-21)18-16(3-2-7-20-18)22(15)12-17(23)13-4-8-19-9-5-13;/h2-5,7-9,17,23H,6,10-12H2,1H3;1H4. The van der Waals surface area contributed by atoms with Gasteiger partial charge in [0, 0.05) is 49.4 Å². The van der Waals surface area contributed by atoms with Gasteiger partial charge in [-0.1, -0.05) is 7.43 Å². The molecule has 0 radical (unpaired) electrons. The second-order valence-corrected chi connectivity index (χ2v) is 6.19. The van der Waals surface area contributed by atoms with Crippen LogP contribution in [0.25, 0.3) is 11.0 Å². The van der Waals surface area contributed by atoms with E-state index in [1.165, 1.54) is 11.3 Å². The van der Waals surface area contributed by atoms with Crippen molar-refractivity contribution in [1.82, 2.24) is 19.4 Å². The fraction of sp³-hybridized carbons (Fsp3) is 0.368. The summed E-state index contributed by atoms with van der Waals surface area (Å²) in [5, 5.41) is 10.6. The van der Waals surface area contributed by atoms with Gasteiger partial charge >= 0.3 is 0 Å². The number of aromatic nitrogens is 3. The lowest BCUT2D eigenvalue weighted by Gasteiger charge is -2.24. The SMILES string of the molecule is C.CN1CCc2c(c3ncccc3n2CC(O)c2ccncc2)C1. The summed E-state index contributed by atoms with van der Waals surface area (Å²) >= 11 is 0. The van der Waals surface area contributed by atoms with Crippen LogP contribution < -0.4 is 0 Å². The minimum absolute atomic E-state index is 0. The number of rotatable bonds is 3. The third-order valence-electron chi connectivity index (χ3n) is 4.64. The number of fused-ring (bicyclic) bond motifs is 3. The third-order valence-corrected chi connectivity index (χ3v) is 4.64. The largest absolute Gasteiger partial charge is 0.387 e. The Morgan fingerprint density at radius 3 is 2.79 bits per heavy atom. The van der Waals surface area contributed by atoms with Gasteiger partial charge in [0.05, 0.1) is 23.7 Å². The highest BCUT2D eigenvalue weighted by Crippen LogP contribution is 2.30. The van der Waals surface area contributed by atoms with Crippen molar-refractivity contribution < 1.29 is 5.11 Å². The monoisotopic (exact) mass is 324 g/mol. The summed E-state index contributed by atoms with van der Waals surface area (Å²) in [7, 11) is 2.14. The van der Waals surface area contributed by atoms with E-state index in [-0.39, 0.29) is 7.43 Å². The van der Waals surface area contributed by atoms with E-state index < -0.39 is 6.10 Å². The Balaban J connectivity index is 0.00000169. The second-order valence-electron chi connectivity index (χ2n) is 6.19. The van der Waals surface area contributed by atoms with Crippen LogP contribution in [0, 0.1) is 0 Å². The number of hydrogen-bond donors (Lipinski definition) is 1. The molecule has 0 aromatic carbocycles. The molecule has 1 aliphatic heterocycles. The summed E-state index contributed by atoms with van der Waals surface area (Å²) in [5.74, 6) is 0. The van der Waals surface area contributed by atoms with E-state index in [0.717, 1.165) is 36.1 Å². The molecule has 0 fully saturated rings. The molecule has 24 heavy (non-hydrogen) atoms. The van der Waals surface area contributed by atoms with Gasteiger partial charge in [-0.05, 0) is 36.9 Å². The Morgan fingerprint density at radius 2 is 2.00 bits per heavy atom. The molecule has 4 heterocycles. The zero-order valence-electron chi connectivity index (χ0n) is 13.2. The Labute approximate surface area is 142 Å². The highest BCUT2D eigenvalue weighted by molar-refractivity contribution is 5.81. The summed E-state index contributed by atoms with van der Waals surface area (Å²) in [6.07, 6.45) is 5.74. The second kappa shape index (κ2) is 6.71. The molecule has 5 nitrogen and oxygen atoms in total. The van der Waals surface area contributed by atoms with Crippen LogP contribution in [0.15, 0.2) is 42.9 Å². The van der Waals surface area contributed by atoms with Crippen molar-refractivity contribution in [2.24, 2.45) is 0 Å². The molecule has 0 bridgehead atoms. The molecule has 3 aromatic rings. The molecule has 1 atom stereocenters. The molecule has 5 heteroatoms. The molecule has 126 valence electrons. The van der Waals surface area contributed by atoms with Gasteiger partial charge in [-0.2, -0.15) is 0 Å². The van der Waals surface area contributed by atoms with Crippen molar-refractivity contribution in [2.45, 2.75) is 33.0 Å². The van der Waals surface area contributed by atoms with Crippen molar-refractivity contribution in [3.63, 3.8) is 0 Å². The number of hydrogen-bond acceptors (Lipinski definition) is 4. The van der Waals surface area contributed by atoms with Crippen molar-refractivity contribution >= 4 is 11.0 Å². The molecule has 1 unspecified atom stereocenters. The van der Waals surface area contributed by atoms with E-state index in [2.05, 4.69) is 32.5 Å². The molecule has 3 aromatic heterocycles. The smallest absolute Gasteiger partial charge is 0.0970 e. The summed E-state index contributed by atoms with van der Waals surface area (Å²) in [4.78, 5) is 10.9. The Bertz CT molecular complexity index is 828. The molecule has 1 aliphatic rings. The number of nitrogens with zero attached hydrogens (tertiary/aromatic N) is 4. The molecular formula is C19H24N4O. The fourth-order valence-electron chi connectivity index (χ4n) is 3.46. The van der Waals surface area contributed by atoms with Gasteiger partial charge in [-0.25, -0.2) is 0 Å². The zero-order valence-corrected chi connectivity index (χ0v) is 13.2. The van der Waals surface area contributed by atoms with Crippen LogP contribution in [-0.2, 0) is 19.5 Å². The quantitative estimate of drug-likeness (QED) is 0.805. The summed E-state index contributed by atoms with van der Waals surface area (Å²) < 4.78 is 2.25. The Morgan fingerprint density at radius 1 is 1.21 bits per heavy atom. The predicted octanol–water partition coefficient (Wildman–Crippen LogP) is 2.79. The van der Waals surface area contributed by atoms with E-state index >= 15 is 0 Å². The van der Waals surface area contributed by atoms with Gasteiger partial charge in [-0.15, -0.1) is 0 Å². The molecule has 0 aliphatic carbocycles. The van der Waals surface area contributed by atoms with E-state index in [1.54, 1.807) is 12.4 Å². The first-order valence-electron chi connectivity index (χ1n) is 7.95. The zero-order chi connectivity index (χ0) is 15.8. The van der Waals surface area contributed by atoms with Gasteiger partial charge in [-0.3, -0.25) is 9.97 Å². The van der Waals surface area contributed by atoms with Crippen LogP contribution in [0.3, 0.4) is 0 Å². The van der Waals surface area contributed by atoms with Crippen molar-refractivity contribution in [1.29, 1.82) is 0 Å². The van der Waals surface area contributed by atoms with Crippen molar-refractivity contribution in [3.8, 4) is 0 Å². The topological polar surface area (TPSA) is 54.2 Å². The van der Waals surface area contributed by atoms with Gasteiger partial charge in [0.25, 0.3) is 0 Å². The first-order chi connectivity index (χ1) is 11.2. The molecule has 0 saturated carbocycles. The number of aliphatic hydroxyl groups excluding tert-OH is 1. The van der Waals surface area contributed by atoms with Crippen LogP contribution >= 0.6 is 0 Å². The molecule has 0 amide bonds. The average Bonchev–Trinajstić information content (AvgIpc) is 2.89. The number of likely N-dealkylation sites (N-methyl/N-ethyl adjacent to an activating group) is 1. The highest BCUT2D eigenvalue weighted by Gasteiger charge is 2.24. The van der Waals surface area contributed by atoms with Gasteiger partial charge < -0.3 is 14.6 Å². The molecule has 4 rings (SSSR count). The Kier molecular flexibility index (Phi) is 4.64. The molecule has 0 spiro atoms. The van der Waals surface area contributed by atoms with Crippen LogP contribution in [0.2, 0.25) is 0 Å². The van der Waals surface area contributed by atoms with E-state index in [1.807, 2.05) is 24.4 Å². The van der Waals surface area contributed by atoms with E-state index in [0.29, 0.717) is 6.54 Å². The molecule has 1 N–H and O–H groups in total.